The number of pyridine rings is 1. The predicted octanol–water partition coefficient (Wildman–Crippen LogP) is 0.820. The molecule has 3 rings (SSSR count). The zero-order chi connectivity index (χ0) is 13.6. The van der Waals surface area contributed by atoms with Crippen LogP contribution in [0.2, 0.25) is 0 Å². The summed E-state index contributed by atoms with van der Waals surface area (Å²) in [6.07, 6.45) is 0.516. The number of fused-ring (bicyclic) bond motifs is 1. The summed E-state index contributed by atoms with van der Waals surface area (Å²) in [4.78, 5) is 28.5. The number of esters is 1. The maximum Gasteiger partial charge on any atom is 0.340 e. The number of cyclic esters (lactones) is 1. The number of ether oxygens (including phenoxy) is 1. The van der Waals surface area contributed by atoms with Gasteiger partial charge in [0.2, 0.25) is 0 Å². The number of anilines is 1. The van der Waals surface area contributed by atoms with Crippen molar-refractivity contribution in [3.8, 4) is 6.07 Å². The third-order valence-corrected chi connectivity index (χ3v) is 3.44. The summed E-state index contributed by atoms with van der Waals surface area (Å²) in [6, 6.07) is 3.57. The van der Waals surface area contributed by atoms with Crippen LogP contribution >= 0.6 is 0 Å². The summed E-state index contributed by atoms with van der Waals surface area (Å²) < 4.78 is 5.07. The monoisotopic (exact) mass is 257 g/mol. The van der Waals surface area contributed by atoms with Crippen molar-refractivity contribution in [2.75, 3.05) is 18.0 Å². The van der Waals surface area contributed by atoms with Gasteiger partial charge in [0.1, 0.15) is 24.3 Å². The van der Waals surface area contributed by atoms with E-state index in [1.165, 1.54) is 6.07 Å². The van der Waals surface area contributed by atoms with Gasteiger partial charge in [0.05, 0.1) is 16.8 Å². The van der Waals surface area contributed by atoms with Crippen molar-refractivity contribution in [3.63, 3.8) is 0 Å². The minimum absolute atomic E-state index is 0.00287. The Kier molecular flexibility index (Phi) is 2.49. The number of aromatic nitrogens is 1. The molecule has 1 saturated heterocycles. The summed E-state index contributed by atoms with van der Waals surface area (Å²) in [5.41, 5.74) is 1.27. The van der Waals surface area contributed by atoms with Crippen LogP contribution in [0.1, 0.15) is 34.6 Å². The molecule has 6 heteroatoms. The number of nitriles is 1. The Morgan fingerprint density at radius 3 is 2.95 bits per heavy atom. The third-order valence-electron chi connectivity index (χ3n) is 3.44. The van der Waals surface area contributed by atoms with Crippen molar-refractivity contribution in [1.29, 1.82) is 5.26 Å². The third kappa shape index (κ3) is 1.66. The molecule has 96 valence electrons. The van der Waals surface area contributed by atoms with Gasteiger partial charge in [-0.15, -0.1) is 0 Å². The second kappa shape index (κ2) is 4.05. The second-order valence-electron chi connectivity index (χ2n) is 4.75. The van der Waals surface area contributed by atoms with E-state index in [-0.39, 0.29) is 5.92 Å². The van der Waals surface area contributed by atoms with Crippen molar-refractivity contribution in [1.82, 2.24) is 4.98 Å². The van der Waals surface area contributed by atoms with E-state index in [1.807, 2.05) is 11.0 Å². The zero-order valence-electron chi connectivity index (χ0n) is 10.3. The topological polar surface area (TPSA) is 83.3 Å². The standard InChI is InChI=1S/C13H11N3O3/c1-7-11-10(13(18)19-7)2-9(3-14)12(15-11)16-4-8(5-16)6-17/h2,6-8H,4-5H2,1H3. The van der Waals surface area contributed by atoms with E-state index in [0.29, 0.717) is 35.7 Å². The number of rotatable bonds is 2. The molecule has 0 radical (unpaired) electrons. The Morgan fingerprint density at radius 2 is 2.32 bits per heavy atom. The van der Waals surface area contributed by atoms with E-state index in [4.69, 9.17) is 10.00 Å². The average molecular weight is 257 g/mol. The van der Waals surface area contributed by atoms with E-state index < -0.39 is 12.1 Å². The van der Waals surface area contributed by atoms with Crippen molar-refractivity contribution in [2.24, 2.45) is 5.92 Å². The summed E-state index contributed by atoms with van der Waals surface area (Å²) in [7, 11) is 0. The number of carbonyl (C=O) groups excluding carboxylic acids is 2. The molecule has 1 unspecified atom stereocenters. The van der Waals surface area contributed by atoms with Crippen LogP contribution in [0.3, 0.4) is 0 Å². The number of aldehydes is 1. The molecule has 0 aliphatic carbocycles. The first-order valence-corrected chi connectivity index (χ1v) is 6.00. The molecular weight excluding hydrogens is 246 g/mol. The van der Waals surface area contributed by atoms with Crippen LogP contribution in [0.4, 0.5) is 5.82 Å². The van der Waals surface area contributed by atoms with Crippen molar-refractivity contribution < 1.29 is 14.3 Å². The molecule has 1 aromatic rings. The van der Waals surface area contributed by atoms with Gasteiger partial charge in [0, 0.05) is 19.0 Å². The molecule has 1 fully saturated rings. The highest BCUT2D eigenvalue weighted by Crippen LogP contribution is 2.34. The first-order valence-electron chi connectivity index (χ1n) is 6.00. The van der Waals surface area contributed by atoms with Crippen LogP contribution in [0.25, 0.3) is 0 Å². The van der Waals surface area contributed by atoms with Gasteiger partial charge in [0.15, 0.2) is 0 Å². The summed E-state index contributed by atoms with van der Waals surface area (Å²) >= 11 is 0. The van der Waals surface area contributed by atoms with Crippen LogP contribution < -0.4 is 4.90 Å². The summed E-state index contributed by atoms with van der Waals surface area (Å²) in [6.45, 7) is 2.87. The fourth-order valence-corrected chi connectivity index (χ4v) is 2.37. The van der Waals surface area contributed by atoms with Crippen LogP contribution in [-0.4, -0.2) is 30.3 Å². The van der Waals surface area contributed by atoms with E-state index in [0.717, 1.165) is 6.29 Å². The van der Waals surface area contributed by atoms with Gasteiger partial charge in [-0.3, -0.25) is 0 Å². The molecule has 2 aliphatic heterocycles. The van der Waals surface area contributed by atoms with Gasteiger partial charge in [-0.05, 0) is 13.0 Å². The number of carbonyl (C=O) groups is 2. The van der Waals surface area contributed by atoms with Crippen LogP contribution in [0.15, 0.2) is 6.07 Å². The minimum Gasteiger partial charge on any atom is -0.452 e. The van der Waals surface area contributed by atoms with Gasteiger partial charge in [-0.2, -0.15) is 5.26 Å². The normalized spacial score (nSPS) is 21.4. The van der Waals surface area contributed by atoms with Crippen molar-refractivity contribution >= 4 is 18.1 Å². The van der Waals surface area contributed by atoms with E-state index >= 15 is 0 Å². The Morgan fingerprint density at radius 1 is 1.58 bits per heavy atom. The van der Waals surface area contributed by atoms with Gasteiger partial charge in [-0.1, -0.05) is 0 Å². The fourth-order valence-electron chi connectivity index (χ4n) is 2.37. The van der Waals surface area contributed by atoms with Crippen molar-refractivity contribution in [2.45, 2.75) is 13.0 Å². The van der Waals surface area contributed by atoms with Crippen LogP contribution in [0.5, 0.6) is 0 Å². The lowest BCUT2D eigenvalue weighted by atomic mass is 10.0. The molecule has 19 heavy (non-hydrogen) atoms. The SMILES string of the molecule is CC1OC(=O)c2cc(C#N)c(N3CC(C=O)C3)nc21. The molecule has 2 aliphatic rings. The van der Waals surface area contributed by atoms with Gasteiger partial charge in [0.25, 0.3) is 0 Å². The van der Waals surface area contributed by atoms with E-state index in [1.54, 1.807) is 6.92 Å². The molecular formula is C13H11N3O3. The molecule has 0 amide bonds. The lowest BCUT2D eigenvalue weighted by Gasteiger charge is -2.37. The smallest absolute Gasteiger partial charge is 0.340 e. The number of hydrogen-bond donors (Lipinski definition) is 0. The Hall–Kier alpha value is -2.42. The first-order chi connectivity index (χ1) is 9.13. The molecule has 0 saturated carbocycles. The Balaban J connectivity index is 2.02. The second-order valence-corrected chi connectivity index (χ2v) is 4.75. The first kappa shape index (κ1) is 11.7. The van der Waals surface area contributed by atoms with Crippen LogP contribution in [0, 0.1) is 17.2 Å². The summed E-state index contributed by atoms with van der Waals surface area (Å²) in [5, 5.41) is 9.16. The highest BCUT2D eigenvalue weighted by atomic mass is 16.5. The molecule has 0 aromatic carbocycles. The average Bonchev–Trinajstić information content (AvgIpc) is 2.62. The minimum atomic E-state index is -0.438. The fraction of sp³-hybridized carbons (Fsp3) is 0.385. The van der Waals surface area contributed by atoms with E-state index in [2.05, 4.69) is 4.98 Å². The number of nitrogens with zero attached hydrogens (tertiary/aromatic N) is 3. The maximum atomic E-state index is 11.6. The van der Waals surface area contributed by atoms with Crippen LogP contribution in [-0.2, 0) is 9.53 Å². The van der Waals surface area contributed by atoms with Gasteiger partial charge < -0.3 is 14.4 Å². The Labute approximate surface area is 109 Å². The zero-order valence-corrected chi connectivity index (χ0v) is 10.3. The van der Waals surface area contributed by atoms with Gasteiger partial charge in [-0.25, -0.2) is 9.78 Å². The number of hydrogen-bond acceptors (Lipinski definition) is 6. The molecule has 0 bridgehead atoms. The molecule has 3 heterocycles. The van der Waals surface area contributed by atoms with Crippen molar-refractivity contribution in [3.05, 3.63) is 22.9 Å². The largest absolute Gasteiger partial charge is 0.452 e. The predicted molar refractivity (Wildman–Crippen MR) is 64.5 cm³/mol. The quantitative estimate of drug-likeness (QED) is 0.576. The highest BCUT2D eigenvalue weighted by Gasteiger charge is 2.34. The lowest BCUT2D eigenvalue weighted by Crippen LogP contribution is -2.48. The van der Waals surface area contributed by atoms with Gasteiger partial charge >= 0.3 is 5.97 Å². The highest BCUT2D eigenvalue weighted by molar-refractivity contribution is 5.94. The Bertz CT molecular complexity index is 614. The lowest BCUT2D eigenvalue weighted by molar-refractivity contribution is -0.111. The maximum absolute atomic E-state index is 11.6. The molecule has 1 aromatic heterocycles. The van der Waals surface area contributed by atoms with E-state index in [9.17, 15) is 9.59 Å². The molecule has 1 atom stereocenters. The molecule has 6 nitrogen and oxygen atoms in total. The molecule has 0 spiro atoms. The summed E-state index contributed by atoms with van der Waals surface area (Å²) in [5.74, 6) is 0.0915. The molecule has 0 N–H and O–H groups in total.